The summed E-state index contributed by atoms with van der Waals surface area (Å²) in [5, 5.41) is 1.02. The predicted molar refractivity (Wildman–Crippen MR) is 113 cm³/mol. The highest BCUT2D eigenvalue weighted by Crippen LogP contribution is 2.34. The normalized spacial score (nSPS) is 12.1. The smallest absolute Gasteiger partial charge is 0.225 e. The van der Waals surface area contributed by atoms with Gasteiger partial charge in [-0.25, -0.2) is 0 Å². The van der Waals surface area contributed by atoms with Gasteiger partial charge in [-0.3, -0.25) is 4.79 Å². The number of hydrogen-bond acceptors (Lipinski definition) is 2. The van der Waals surface area contributed by atoms with E-state index >= 15 is 0 Å². The van der Waals surface area contributed by atoms with Crippen LogP contribution >= 0.6 is 31.0 Å². The highest BCUT2D eigenvalue weighted by atomic mass is 35.5. The third kappa shape index (κ3) is 5.98. The van der Waals surface area contributed by atoms with Crippen LogP contribution in [0.2, 0.25) is 10.0 Å². The van der Waals surface area contributed by atoms with Crippen molar-refractivity contribution in [3.8, 4) is 0 Å². The number of carbonyl (C=O) groups is 1. The molecule has 140 valence electrons. The van der Waals surface area contributed by atoms with Gasteiger partial charge in [0.2, 0.25) is 5.52 Å². The maximum Gasteiger partial charge on any atom is 0.225 e. The Hall–Kier alpha value is -1.08. The van der Waals surface area contributed by atoms with Crippen molar-refractivity contribution in [3.63, 3.8) is 0 Å². The second kappa shape index (κ2) is 10.9. The monoisotopic (exact) mass is 410 g/mol. The van der Waals surface area contributed by atoms with E-state index in [9.17, 15) is 9.36 Å². The SMILES string of the molecule is CCCCCCCCc1ccc([PH](=O)C(=O)c2c(Cl)cccc2Cl)cc1. The molecule has 1 unspecified atom stereocenters. The highest BCUT2D eigenvalue weighted by Gasteiger charge is 2.21. The van der Waals surface area contributed by atoms with E-state index in [1.807, 2.05) is 12.1 Å². The lowest BCUT2D eigenvalue weighted by Crippen LogP contribution is -2.05. The molecule has 0 aromatic heterocycles. The van der Waals surface area contributed by atoms with Gasteiger partial charge in [0.1, 0.15) is 0 Å². The van der Waals surface area contributed by atoms with Crippen LogP contribution in [0.25, 0.3) is 0 Å². The number of carbonyl (C=O) groups excluding carboxylic acids is 1. The van der Waals surface area contributed by atoms with Gasteiger partial charge in [0.15, 0.2) is 7.80 Å². The summed E-state index contributed by atoms with van der Waals surface area (Å²) in [6.07, 6.45) is 8.58. The minimum Gasteiger partial charge on any atom is -0.313 e. The molecule has 2 rings (SSSR count). The molecule has 26 heavy (non-hydrogen) atoms. The highest BCUT2D eigenvalue weighted by molar-refractivity contribution is 7.71. The maximum atomic E-state index is 12.6. The molecule has 0 spiro atoms. The number of halogens is 2. The summed E-state index contributed by atoms with van der Waals surface area (Å²) >= 11 is 12.1. The van der Waals surface area contributed by atoms with E-state index in [1.54, 1.807) is 30.3 Å². The lowest BCUT2D eigenvalue weighted by atomic mass is 10.1. The minimum atomic E-state index is -2.65. The molecule has 0 aliphatic rings. The molecule has 0 aliphatic heterocycles. The first-order valence-corrected chi connectivity index (χ1v) is 11.3. The first kappa shape index (κ1) is 21.2. The average Bonchev–Trinajstić information content (AvgIpc) is 2.64. The van der Waals surface area contributed by atoms with E-state index in [-0.39, 0.29) is 15.6 Å². The lowest BCUT2D eigenvalue weighted by Gasteiger charge is -2.07. The number of aryl methyl sites for hydroxylation is 1. The van der Waals surface area contributed by atoms with Crippen molar-refractivity contribution in [3.05, 3.63) is 63.6 Å². The summed E-state index contributed by atoms with van der Waals surface area (Å²) in [4.78, 5) is 12.5. The Balaban J connectivity index is 1.95. The molecule has 0 saturated heterocycles. The van der Waals surface area contributed by atoms with Gasteiger partial charge in [-0.15, -0.1) is 0 Å². The van der Waals surface area contributed by atoms with Crippen LogP contribution in [0.15, 0.2) is 42.5 Å². The largest absolute Gasteiger partial charge is 0.313 e. The van der Waals surface area contributed by atoms with Crippen molar-refractivity contribution >= 4 is 41.8 Å². The van der Waals surface area contributed by atoms with E-state index in [0.29, 0.717) is 5.30 Å². The van der Waals surface area contributed by atoms with Crippen LogP contribution in [-0.2, 0) is 11.0 Å². The number of hydrogen-bond donors (Lipinski definition) is 0. The maximum absolute atomic E-state index is 12.6. The first-order valence-electron chi connectivity index (χ1n) is 9.16. The summed E-state index contributed by atoms with van der Waals surface area (Å²) in [6, 6.07) is 12.3. The second-order valence-corrected chi connectivity index (χ2v) is 8.97. The van der Waals surface area contributed by atoms with Crippen LogP contribution in [0, 0.1) is 0 Å². The standard InChI is InChI=1S/C21H25Cl2O2P/c1-2-3-4-5-6-7-9-16-12-14-17(15-13-16)26(25)21(24)20-18(22)10-8-11-19(20)23/h8,10-15,26H,2-7,9H2,1H3. The van der Waals surface area contributed by atoms with Crippen molar-refractivity contribution in [2.24, 2.45) is 0 Å². The third-order valence-corrected chi connectivity index (χ3v) is 6.58. The van der Waals surface area contributed by atoms with Crippen LogP contribution in [0.4, 0.5) is 0 Å². The zero-order valence-corrected chi connectivity index (χ0v) is 17.6. The van der Waals surface area contributed by atoms with Crippen LogP contribution < -0.4 is 5.30 Å². The molecule has 0 radical (unpaired) electrons. The Morgan fingerprint density at radius 1 is 0.885 bits per heavy atom. The Labute approximate surface area is 166 Å². The summed E-state index contributed by atoms with van der Waals surface area (Å²) in [7, 11) is -2.65. The lowest BCUT2D eigenvalue weighted by molar-refractivity contribution is 0.108. The summed E-state index contributed by atoms with van der Waals surface area (Å²) < 4.78 is 12.6. The number of unbranched alkanes of at least 4 members (excludes halogenated alkanes) is 5. The van der Waals surface area contributed by atoms with Crippen molar-refractivity contribution < 1.29 is 9.36 Å². The summed E-state index contributed by atoms with van der Waals surface area (Å²) in [5.74, 6) is 0. The second-order valence-electron chi connectivity index (χ2n) is 6.47. The zero-order chi connectivity index (χ0) is 18.9. The fraction of sp³-hybridized carbons (Fsp3) is 0.381. The molecule has 0 bridgehead atoms. The topological polar surface area (TPSA) is 34.1 Å². The fourth-order valence-corrected chi connectivity index (χ4v) is 4.85. The van der Waals surface area contributed by atoms with Crippen LogP contribution in [-0.4, -0.2) is 5.52 Å². The molecule has 0 heterocycles. The number of benzene rings is 2. The van der Waals surface area contributed by atoms with Crippen LogP contribution in [0.3, 0.4) is 0 Å². The Bertz CT molecular complexity index is 737. The molecule has 2 aromatic rings. The van der Waals surface area contributed by atoms with Crippen molar-refractivity contribution in [2.75, 3.05) is 0 Å². The van der Waals surface area contributed by atoms with Gasteiger partial charge in [0.25, 0.3) is 0 Å². The van der Waals surface area contributed by atoms with Gasteiger partial charge in [-0.2, -0.15) is 0 Å². The van der Waals surface area contributed by atoms with Gasteiger partial charge in [-0.05, 0) is 30.5 Å². The van der Waals surface area contributed by atoms with E-state index < -0.39 is 13.3 Å². The molecular formula is C21H25Cl2O2P. The van der Waals surface area contributed by atoms with E-state index in [4.69, 9.17) is 23.2 Å². The first-order chi connectivity index (χ1) is 12.5. The van der Waals surface area contributed by atoms with Crippen LogP contribution in [0.1, 0.15) is 61.4 Å². The molecule has 0 fully saturated rings. The predicted octanol–water partition coefficient (Wildman–Crippen LogP) is 6.92. The quantitative estimate of drug-likeness (QED) is 0.314. The van der Waals surface area contributed by atoms with Gasteiger partial charge < -0.3 is 4.57 Å². The van der Waals surface area contributed by atoms with Gasteiger partial charge in [-0.1, -0.05) is 92.6 Å². The summed E-state index contributed by atoms with van der Waals surface area (Å²) in [6.45, 7) is 2.22. The fourth-order valence-electron chi connectivity index (χ4n) is 2.89. The van der Waals surface area contributed by atoms with E-state index in [1.165, 1.54) is 37.7 Å². The van der Waals surface area contributed by atoms with Crippen molar-refractivity contribution in [2.45, 2.75) is 51.9 Å². The molecule has 2 aromatic carbocycles. The summed E-state index contributed by atoms with van der Waals surface area (Å²) in [5.41, 5.74) is 0.868. The Morgan fingerprint density at radius 3 is 2.08 bits per heavy atom. The molecule has 0 aliphatic carbocycles. The van der Waals surface area contributed by atoms with Gasteiger partial charge in [0.05, 0.1) is 15.6 Å². The van der Waals surface area contributed by atoms with Gasteiger partial charge in [0, 0.05) is 5.30 Å². The average molecular weight is 411 g/mol. The van der Waals surface area contributed by atoms with Crippen molar-refractivity contribution in [1.29, 1.82) is 0 Å². The zero-order valence-electron chi connectivity index (χ0n) is 15.1. The van der Waals surface area contributed by atoms with Crippen LogP contribution in [0.5, 0.6) is 0 Å². The van der Waals surface area contributed by atoms with E-state index in [2.05, 4.69) is 6.92 Å². The molecule has 0 saturated carbocycles. The van der Waals surface area contributed by atoms with Gasteiger partial charge >= 0.3 is 0 Å². The molecule has 1 atom stereocenters. The Kier molecular flexibility index (Phi) is 8.91. The molecular weight excluding hydrogens is 386 g/mol. The minimum absolute atomic E-state index is 0.149. The third-order valence-electron chi connectivity index (χ3n) is 4.43. The van der Waals surface area contributed by atoms with Crippen molar-refractivity contribution in [1.82, 2.24) is 0 Å². The molecule has 2 nitrogen and oxygen atoms in total. The molecule has 5 heteroatoms. The van der Waals surface area contributed by atoms with E-state index in [0.717, 1.165) is 12.8 Å². The number of rotatable bonds is 10. The molecule has 0 N–H and O–H groups in total. The Morgan fingerprint density at radius 2 is 1.46 bits per heavy atom. The molecule has 0 amide bonds.